The first-order valence-electron chi connectivity index (χ1n) is 9.76. The van der Waals surface area contributed by atoms with Crippen LogP contribution in [0.3, 0.4) is 0 Å². The second kappa shape index (κ2) is 8.19. The summed E-state index contributed by atoms with van der Waals surface area (Å²) in [5.74, 6) is -0.00282. The number of benzene rings is 2. The van der Waals surface area contributed by atoms with Crippen molar-refractivity contribution in [3.05, 3.63) is 70.9 Å². The number of piperidine rings is 1. The predicted octanol–water partition coefficient (Wildman–Crippen LogP) is 5.15. The summed E-state index contributed by atoms with van der Waals surface area (Å²) in [4.78, 5) is 21.3. The molecule has 0 unspecified atom stereocenters. The summed E-state index contributed by atoms with van der Waals surface area (Å²) in [6.07, 6.45) is 3.87. The highest BCUT2D eigenvalue weighted by atomic mass is 35.5. The second-order valence-electron chi connectivity index (χ2n) is 7.42. The molecule has 4 rings (SSSR count). The molecular formula is C23H24ClN3O. The first kappa shape index (κ1) is 18.8. The van der Waals surface area contributed by atoms with Crippen LogP contribution in [0.15, 0.2) is 54.6 Å². The Bertz CT molecular complexity index is 981. The molecule has 1 amide bonds. The molecule has 2 heterocycles. The molecule has 1 fully saturated rings. The van der Waals surface area contributed by atoms with Gasteiger partial charge in [0, 0.05) is 43.3 Å². The zero-order chi connectivity index (χ0) is 19.5. The van der Waals surface area contributed by atoms with Gasteiger partial charge in [0.15, 0.2) is 0 Å². The Balaban J connectivity index is 1.44. The second-order valence-corrected chi connectivity index (χ2v) is 7.80. The van der Waals surface area contributed by atoms with Crippen molar-refractivity contribution in [2.75, 3.05) is 25.0 Å². The maximum atomic E-state index is 12.8. The van der Waals surface area contributed by atoms with Gasteiger partial charge in [-0.1, -0.05) is 23.7 Å². The van der Waals surface area contributed by atoms with Crippen LogP contribution in [0.4, 0.5) is 5.69 Å². The van der Waals surface area contributed by atoms with Crippen molar-refractivity contribution in [3.63, 3.8) is 0 Å². The molecule has 3 aromatic rings. The fraction of sp³-hybridized carbons (Fsp3) is 0.304. The summed E-state index contributed by atoms with van der Waals surface area (Å²) in [7, 11) is 1.84. The Morgan fingerprint density at radius 1 is 1.04 bits per heavy atom. The molecule has 1 aromatic heterocycles. The number of hydrogen-bond acceptors (Lipinski definition) is 3. The molecular weight excluding hydrogens is 370 g/mol. The summed E-state index contributed by atoms with van der Waals surface area (Å²) in [5.41, 5.74) is 3.85. The molecule has 0 saturated carbocycles. The predicted molar refractivity (Wildman–Crippen MR) is 115 cm³/mol. The monoisotopic (exact) mass is 393 g/mol. The van der Waals surface area contributed by atoms with Gasteiger partial charge >= 0.3 is 0 Å². The molecule has 0 spiro atoms. The fourth-order valence-electron chi connectivity index (χ4n) is 3.76. The van der Waals surface area contributed by atoms with Gasteiger partial charge in [0.05, 0.1) is 5.52 Å². The van der Waals surface area contributed by atoms with Gasteiger partial charge in [0.2, 0.25) is 0 Å². The Kier molecular flexibility index (Phi) is 5.49. The molecule has 144 valence electrons. The molecule has 5 heteroatoms. The molecule has 28 heavy (non-hydrogen) atoms. The molecule has 1 aliphatic rings. The van der Waals surface area contributed by atoms with E-state index in [1.165, 1.54) is 24.9 Å². The Labute approximate surface area is 170 Å². The average molecular weight is 394 g/mol. The Morgan fingerprint density at radius 3 is 2.54 bits per heavy atom. The zero-order valence-corrected chi connectivity index (χ0v) is 16.8. The third kappa shape index (κ3) is 4.12. The van der Waals surface area contributed by atoms with E-state index in [9.17, 15) is 4.79 Å². The van der Waals surface area contributed by atoms with E-state index in [1.54, 1.807) is 11.0 Å². The fourth-order valence-corrected chi connectivity index (χ4v) is 3.92. The van der Waals surface area contributed by atoms with E-state index in [-0.39, 0.29) is 5.91 Å². The number of pyridine rings is 1. The van der Waals surface area contributed by atoms with Gasteiger partial charge in [0.1, 0.15) is 5.15 Å². The highest BCUT2D eigenvalue weighted by Gasteiger charge is 2.14. The third-order valence-electron chi connectivity index (χ3n) is 5.33. The van der Waals surface area contributed by atoms with E-state index in [0.717, 1.165) is 29.6 Å². The number of amides is 1. The van der Waals surface area contributed by atoms with Gasteiger partial charge in [0.25, 0.3) is 5.91 Å². The van der Waals surface area contributed by atoms with Crippen LogP contribution in [-0.4, -0.2) is 35.9 Å². The smallest absolute Gasteiger partial charge is 0.253 e. The number of nitrogens with zero attached hydrogens (tertiary/aromatic N) is 3. The van der Waals surface area contributed by atoms with Crippen LogP contribution >= 0.6 is 11.6 Å². The van der Waals surface area contributed by atoms with Crippen molar-refractivity contribution < 1.29 is 4.79 Å². The summed E-state index contributed by atoms with van der Waals surface area (Å²) in [6.45, 7) is 2.86. The number of aromatic nitrogens is 1. The van der Waals surface area contributed by atoms with Gasteiger partial charge in [-0.2, -0.15) is 0 Å². The molecule has 2 aromatic carbocycles. The lowest BCUT2D eigenvalue weighted by atomic mass is 10.1. The number of anilines is 1. The maximum Gasteiger partial charge on any atom is 0.253 e. The highest BCUT2D eigenvalue weighted by molar-refractivity contribution is 6.29. The average Bonchev–Trinajstić information content (AvgIpc) is 2.74. The SMILES string of the molecule is CN(Cc1ccc(N2CCCCC2)cc1)C(=O)c1ccc2nc(Cl)ccc2c1. The van der Waals surface area contributed by atoms with E-state index in [4.69, 9.17) is 11.6 Å². The van der Waals surface area contributed by atoms with Crippen molar-refractivity contribution in [1.29, 1.82) is 0 Å². The van der Waals surface area contributed by atoms with E-state index >= 15 is 0 Å². The van der Waals surface area contributed by atoms with Crippen LogP contribution in [0.5, 0.6) is 0 Å². The Hall–Kier alpha value is -2.59. The number of carbonyl (C=O) groups excluding carboxylic acids is 1. The molecule has 0 radical (unpaired) electrons. The van der Waals surface area contributed by atoms with Gasteiger partial charge in [-0.3, -0.25) is 4.79 Å². The molecule has 0 atom stereocenters. The molecule has 1 aliphatic heterocycles. The van der Waals surface area contributed by atoms with Gasteiger partial charge in [-0.25, -0.2) is 4.98 Å². The van der Waals surface area contributed by atoms with E-state index in [1.807, 2.05) is 31.3 Å². The largest absolute Gasteiger partial charge is 0.372 e. The van der Waals surface area contributed by atoms with Crippen molar-refractivity contribution in [1.82, 2.24) is 9.88 Å². The minimum Gasteiger partial charge on any atom is -0.372 e. The standard InChI is InChI=1S/C23H24ClN3O/c1-26(16-17-5-9-20(10-6-17)27-13-3-2-4-14-27)23(28)19-7-11-21-18(15-19)8-12-22(24)25-21/h5-12,15H,2-4,13-14,16H2,1H3. The van der Waals surface area contributed by atoms with Crippen LogP contribution in [0.25, 0.3) is 10.9 Å². The number of fused-ring (bicyclic) bond motifs is 1. The maximum absolute atomic E-state index is 12.8. The number of carbonyl (C=O) groups is 1. The topological polar surface area (TPSA) is 36.4 Å². The van der Waals surface area contributed by atoms with Crippen LogP contribution in [-0.2, 0) is 6.54 Å². The normalized spacial score (nSPS) is 14.3. The van der Waals surface area contributed by atoms with Gasteiger partial charge < -0.3 is 9.80 Å². The summed E-state index contributed by atoms with van der Waals surface area (Å²) >= 11 is 5.93. The summed E-state index contributed by atoms with van der Waals surface area (Å²) < 4.78 is 0. The van der Waals surface area contributed by atoms with Crippen LogP contribution in [0.1, 0.15) is 35.2 Å². The van der Waals surface area contributed by atoms with Crippen LogP contribution in [0.2, 0.25) is 5.15 Å². The van der Waals surface area contributed by atoms with Crippen molar-refractivity contribution in [2.45, 2.75) is 25.8 Å². The minimum absolute atomic E-state index is 0.00282. The molecule has 0 N–H and O–H groups in total. The number of hydrogen-bond donors (Lipinski definition) is 0. The van der Waals surface area contributed by atoms with E-state index in [2.05, 4.69) is 34.1 Å². The summed E-state index contributed by atoms with van der Waals surface area (Å²) in [6, 6.07) is 17.7. The van der Waals surface area contributed by atoms with E-state index in [0.29, 0.717) is 17.3 Å². The molecule has 0 aliphatic carbocycles. The highest BCUT2D eigenvalue weighted by Crippen LogP contribution is 2.22. The first-order chi connectivity index (χ1) is 13.6. The molecule has 1 saturated heterocycles. The lowest BCUT2D eigenvalue weighted by molar-refractivity contribution is 0.0785. The lowest BCUT2D eigenvalue weighted by Crippen LogP contribution is -2.29. The third-order valence-corrected chi connectivity index (χ3v) is 5.54. The molecule has 4 nitrogen and oxygen atoms in total. The van der Waals surface area contributed by atoms with Crippen molar-refractivity contribution in [3.8, 4) is 0 Å². The summed E-state index contributed by atoms with van der Waals surface area (Å²) in [5, 5.41) is 1.37. The quantitative estimate of drug-likeness (QED) is 0.575. The Morgan fingerprint density at radius 2 is 1.79 bits per heavy atom. The van der Waals surface area contributed by atoms with Crippen LogP contribution < -0.4 is 4.90 Å². The van der Waals surface area contributed by atoms with E-state index < -0.39 is 0 Å². The minimum atomic E-state index is -0.00282. The number of rotatable bonds is 4. The molecule has 0 bridgehead atoms. The van der Waals surface area contributed by atoms with Crippen molar-refractivity contribution in [2.24, 2.45) is 0 Å². The zero-order valence-electron chi connectivity index (χ0n) is 16.1. The van der Waals surface area contributed by atoms with Crippen molar-refractivity contribution >= 4 is 34.1 Å². The van der Waals surface area contributed by atoms with Gasteiger partial charge in [-0.15, -0.1) is 0 Å². The van der Waals surface area contributed by atoms with Crippen LogP contribution in [0, 0.1) is 0 Å². The number of halogens is 1. The first-order valence-corrected chi connectivity index (χ1v) is 10.1. The lowest BCUT2D eigenvalue weighted by Gasteiger charge is -2.29. The van der Waals surface area contributed by atoms with Gasteiger partial charge in [-0.05, 0) is 67.3 Å².